The fraction of sp³-hybridized carbons (Fsp3) is 0.300. The van der Waals surface area contributed by atoms with Crippen LogP contribution in [0.5, 0.6) is 0 Å². The van der Waals surface area contributed by atoms with Crippen molar-refractivity contribution in [2.45, 2.75) is 39.4 Å². The van der Waals surface area contributed by atoms with Crippen molar-refractivity contribution >= 4 is 0 Å². The standard InChI is InChI=1S/C20H22O/c1-2-3-4-8-13-19-14-9-10-15-20(19)17-21-16-18-11-6-5-7-12-18/h5-7,9-12,14-15H,2-4,16-17H2,1H3. The fourth-order valence-corrected chi connectivity index (χ4v) is 2.04. The van der Waals surface area contributed by atoms with Crippen molar-refractivity contribution in [2.24, 2.45) is 0 Å². The fourth-order valence-electron chi connectivity index (χ4n) is 2.04. The monoisotopic (exact) mass is 278 g/mol. The van der Waals surface area contributed by atoms with Crippen LogP contribution in [0.2, 0.25) is 0 Å². The molecular weight excluding hydrogens is 256 g/mol. The predicted octanol–water partition coefficient (Wildman–Crippen LogP) is 4.95. The summed E-state index contributed by atoms with van der Waals surface area (Å²) in [4.78, 5) is 0. The lowest BCUT2D eigenvalue weighted by Crippen LogP contribution is -1.96. The third-order valence-corrected chi connectivity index (χ3v) is 3.26. The molecule has 0 atom stereocenters. The molecule has 0 radical (unpaired) electrons. The lowest BCUT2D eigenvalue weighted by atomic mass is 10.1. The first-order valence-electron chi connectivity index (χ1n) is 7.58. The van der Waals surface area contributed by atoms with Gasteiger partial charge in [-0.05, 0) is 23.6 Å². The van der Waals surface area contributed by atoms with Crippen molar-refractivity contribution in [1.82, 2.24) is 0 Å². The summed E-state index contributed by atoms with van der Waals surface area (Å²) in [6.45, 7) is 3.43. The van der Waals surface area contributed by atoms with E-state index in [0.29, 0.717) is 13.2 Å². The van der Waals surface area contributed by atoms with Crippen LogP contribution in [0.25, 0.3) is 0 Å². The second-order valence-electron chi connectivity index (χ2n) is 5.04. The van der Waals surface area contributed by atoms with Crippen molar-refractivity contribution in [3.63, 3.8) is 0 Å². The van der Waals surface area contributed by atoms with Gasteiger partial charge in [-0.1, -0.05) is 73.7 Å². The van der Waals surface area contributed by atoms with Crippen LogP contribution in [0, 0.1) is 11.8 Å². The lowest BCUT2D eigenvalue weighted by Gasteiger charge is -2.06. The number of ether oxygens (including phenoxy) is 1. The van der Waals surface area contributed by atoms with Gasteiger partial charge < -0.3 is 4.74 Å². The molecule has 0 unspecified atom stereocenters. The average molecular weight is 278 g/mol. The SMILES string of the molecule is CCCCC#Cc1ccccc1COCc1ccccc1. The van der Waals surface area contributed by atoms with E-state index < -0.39 is 0 Å². The molecule has 0 amide bonds. The Bertz CT molecular complexity index is 590. The first kappa shape index (κ1) is 15.4. The van der Waals surface area contributed by atoms with Crippen LogP contribution in [-0.2, 0) is 18.0 Å². The third-order valence-electron chi connectivity index (χ3n) is 3.26. The van der Waals surface area contributed by atoms with E-state index in [1.54, 1.807) is 0 Å². The molecule has 0 spiro atoms. The lowest BCUT2D eigenvalue weighted by molar-refractivity contribution is 0.107. The molecule has 1 nitrogen and oxygen atoms in total. The smallest absolute Gasteiger partial charge is 0.0733 e. The van der Waals surface area contributed by atoms with Gasteiger partial charge in [-0.2, -0.15) is 0 Å². The molecule has 0 saturated heterocycles. The van der Waals surface area contributed by atoms with Crippen LogP contribution < -0.4 is 0 Å². The minimum atomic E-state index is 0.605. The molecule has 2 aromatic rings. The Morgan fingerprint density at radius 3 is 2.48 bits per heavy atom. The summed E-state index contributed by atoms with van der Waals surface area (Å²) in [5.74, 6) is 6.51. The van der Waals surface area contributed by atoms with E-state index in [4.69, 9.17) is 4.74 Å². The molecule has 0 saturated carbocycles. The van der Waals surface area contributed by atoms with Crippen molar-refractivity contribution < 1.29 is 4.74 Å². The molecule has 0 bridgehead atoms. The third kappa shape index (κ3) is 5.45. The normalized spacial score (nSPS) is 9.95. The average Bonchev–Trinajstić information content (AvgIpc) is 2.54. The zero-order valence-electron chi connectivity index (χ0n) is 12.6. The van der Waals surface area contributed by atoms with Gasteiger partial charge in [0.1, 0.15) is 0 Å². The van der Waals surface area contributed by atoms with Crippen molar-refractivity contribution in [3.8, 4) is 11.8 Å². The second kappa shape index (κ2) is 9.00. The molecule has 0 aliphatic rings. The van der Waals surface area contributed by atoms with Gasteiger partial charge >= 0.3 is 0 Å². The highest BCUT2D eigenvalue weighted by atomic mass is 16.5. The van der Waals surface area contributed by atoms with E-state index in [9.17, 15) is 0 Å². The Morgan fingerprint density at radius 2 is 1.67 bits per heavy atom. The van der Waals surface area contributed by atoms with Gasteiger partial charge in [0, 0.05) is 12.0 Å². The molecule has 0 fully saturated rings. The van der Waals surface area contributed by atoms with Crippen LogP contribution >= 0.6 is 0 Å². The van der Waals surface area contributed by atoms with E-state index in [0.717, 1.165) is 17.5 Å². The number of hydrogen-bond acceptors (Lipinski definition) is 1. The molecule has 1 heteroatoms. The summed E-state index contributed by atoms with van der Waals surface area (Å²) in [6, 6.07) is 18.5. The highest BCUT2D eigenvalue weighted by molar-refractivity contribution is 5.40. The quantitative estimate of drug-likeness (QED) is 0.537. The maximum Gasteiger partial charge on any atom is 0.0733 e. The summed E-state index contributed by atoms with van der Waals surface area (Å²) in [7, 11) is 0. The zero-order valence-corrected chi connectivity index (χ0v) is 12.6. The minimum Gasteiger partial charge on any atom is -0.372 e. The maximum absolute atomic E-state index is 5.81. The Hall–Kier alpha value is -2.04. The summed E-state index contributed by atoms with van der Waals surface area (Å²) in [5, 5.41) is 0. The highest BCUT2D eigenvalue weighted by Gasteiger charge is 1.99. The van der Waals surface area contributed by atoms with Gasteiger partial charge in [0.2, 0.25) is 0 Å². The van der Waals surface area contributed by atoms with E-state index in [2.05, 4.69) is 43.0 Å². The second-order valence-corrected chi connectivity index (χ2v) is 5.04. The summed E-state index contributed by atoms with van der Waals surface area (Å²) in [6.07, 6.45) is 3.33. The first-order valence-corrected chi connectivity index (χ1v) is 7.58. The van der Waals surface area contributed by atoms with Gasteiger partial charge in [0.15, 0.2) is 0 Å². The molecular formula is C20H22O. The number of unbranched alkanes of at least 4 members (excludes halogenated alkanes) is 2. The molecule has 0 heterocycles. The van der Waals surface area contributed by atoms with Gasteiger partial charge in [0.25, 0.3) is 0 Å². The Balaban J connectivity index is 1.91. The molecule has 21 heavy (non-hydrogen) atoms. The predicted molar refractivity (Wildman–Crippen MR) is 87.8 cm³/mol. The van der Waals surface area contributed by atoms with Crippen LogP contribution in [0.3, 0.4) is 0 Å². The molecule has 0 aliphatic carbocycles. The zero-order chi connectivity index (χ0) is 14.8. The summed E-state index contributed by atoms with van der Waals surface area (Å²) >= 11 is 0. The summed E-state index contributed by atoms with van der Waals surface area (Å²) < 4.78 is 5.81. The molecule has 0 aromatic heterocycles. The largest absolute Gasteiger partial charge is 0.372 e. The molecule has 2 aromatic carbocycles. The van der Waals surface area contributed by atoms with Crippen molar-refractivity contribution in [1.29, 1.82) is 0 Å². The van der Waals surface area contributed by atoms with E-state index in [-0.39, 0.29) is 0 Å². The van der Waals surface area contributed by atoms with Crippen molar-refractivity contribution in [3.05, 3.63) is 71.3 Å². The summed E-state index contributed by atoms with van der Waals surface area (Å²) in [5.41, 5.74) is 3.45. The first-order chi connectivity index (χ1) is 10.4. The van der Waals surface area contributed by atoms with E-state index in [1.807, 2.05) is 30.3 Å². The Labute approximate surface area is 128 Å². The molecule has 0 aliphatic heterocycles. The van der Waals surface area contributed by atoms with Gasteiger partial charge in [-0.25, -0.2) is 0 Å². The number of hydrogen-bond donors (Lipinski definition) is 0. The van der Waals surface area contributed by atoms with E-state index in [1.165, 1.54) is 18.4 Å². The van der Waals surface area contributed by atoms with Crippen LogP contribution in [0.4, 0.5) is 0 Å². The highest BCUT2D eigenvalue weighted by Crippen LogP contribution is 2.11. The molecule has 2 rings (SSSR count). The van der Waals surface area contributed by atoms with E-state index >= 15 is 0 Å². The number of benzene rings is 2. The van der Waals surface area contributed by atoms with Gasteiger partial charge in [-0.3, -0.25) is 0 Å². The molecule has 108 valence electrons. The Morgan fingerprint density at radius 1 is 0.905 bits per heavy atom. The van der Waals surface area contributed by atoms with Crippen LogP contribution in [0.15, 0.2) is 54.6 Å². The van der Waals surface area contributed by atoms with Gasteiger partial charge in [-0.15, -0.1) is 0 Å². The van der Waals surface area contributed by atoms with Gasteiger partial charge in [0.05, 0.1) is 13.2 Å². The Kier molecular flexibility index (Phi) is 6.58. The molecule has 0 N–H and O–H groups in total. The minimum absolute atomic E-state index is 0.605. The maximum atomic E-state index is 5.81. The topological polar surface area (TPSA) is 9.23 Å². The number of rotatable bonds is 6. The van der Waals surface area contributed by atoms with Crippen molar-refractivity contribution in [2.75, 3.05) is 0 Å². The van der Waals surface area contributed by atoms with Crippen LogP contribution in [-0.4, -0.2) is 0 Å². The van der Waals surface area contributed by atoms with Crippen LogP contribution in [0.1, 0.15) is 42.9 Å².